The number of rotatable bonds is 2. The molecule has 0 radical (unpaired) electrons. The first-order valence-electron chi connectivity index (χ1n) is 6.11. The van der Waals surface area contributed by atoms with Gasteiger partial charge in [-0.15, -0.1) is 0 Å². The molecule has 0 spiro atoms. The average molecular weight is 249 g/mol. The topological polar surface area (TPSA) is 61.5 Å². The van der Waals surface area contributed by atoms with Crippen LogP contribution in [0.4, 0.5) is 0 Å². The van der Waals surface area contributed by atoms with Gasteiger partial charge in [-0.25, -0.2) is 4.79 Å². The lowest BCUT2D eigenvalue weighted by Crippen LogP contribution is -2.31. The minimum absolute atomic E-state index is 0.425. The molecule has 1 atom stereocenters. The number of hydrogen-bond donors (Lipinski definition) is 1. The van der Waals surface area contributed by atoms with Gasteiger partial charge in [0.05, 0.1) is 6.61 Å². The molecule has 0 amide bonds. The van der Waals surface area contributed by atoms with Crippen LogP contribution in [-0.4, -0.2) is 18.2 Å². The molecule has 0 aromatic heterocycles. The molecule has 18 heavy (non-hydrogen) atoms. The molecule has 98 valence electrons. The van der Waals surface area contributed by atoms with Crippen molar-refractivity contribution in [1.29, 1.82) is 0 Å². The molecule has 4 nitrogen and oxygen atoms in total. The Morgan fingerprint density at radius 3 is 2.83 bits per heavy atom. The molecular formula is C14H19NO3. The molecule has 1 aromatic carbocycles. The summed E-state index contributed by atoms with van der Waals surface area (Å²) in [6.07, 6.45) is 0.865. The van der Waals surface area contributed by atoms with Gasteiger partial charge < -0.3 is 15.2 Å². The summed E-state index contributed by atoms with van der Waals surface area (Å²) in [5.74, 6) is 0.322. The van der Waals surface area contributed by atoms with Crippen molar-refractivity contribution < 1.29 is 14.3 Å². The predicted molar refractivity (Wildman–Crippen MR) is 68.4 cm³/mol. The van der Waals surface area contributed by atoms with Crippen LogP contribution in [0.25, 0.3) is 0 Å². The summed E-state index contributed by atoms with van der Waals surface area (Å²) in [5.41, 5.74) is 7.24. The predicted octanol–water partition coefficient (Wildman–Crippen LogP) is 1.96. The number of benzene rings is 1. The molecule has 1 aromatic rings. The summed E-state index contributed by atoms with van der Waals surface area (Å²) in [5, 5.41) is 0. The second-order valence-electron chi connectivity index (χ2n) is 5.45. The van der Waals surface area contributed by atoms with Gasteiger partial charge >= 0.3 is 5.97 Å². The fourth-order valence-electron chi connectivity index (χ4n) is 1.98. The van der Waals surface area contributed by atoms with Crippen molar-refractivity contribution >= 4 is 5.97 Å². The van der Waals surface area contributed by atoms with E-state index in [1.165, 1.54) is 0 Å². The number of para-hydroxylation sites is 1. The van der Waals surface area contributed by atoms with Gasteiger partial charge in [0.25, 0.3) is 0 Å². The first-order valence-corrected chi connectivity index (χ1v) is 6.11. The van der Waals surface area contributed by atoms with Gasteiger partial charge in [0.2, 0.25) is 0 Å². The van der Waals surface area contributed by atoms with E-state index in [4.69, 9.17) is 15.2 Å². The Morgan fingerprint density at radius 1 is 1.44 bits per heavy atom. The van der Waals surface area contributed by atoms with Crippen LogP contribution in [0.5, 0.6) is 5.75 Å². The first kappa shape index (κ1) is 12.9. The molecule has 0 bridgehead atoms. The highest BCUT2D eigenvalue weighted by Gasteiger charge is 2.28. The third-order valence-electron chi connectivity index (χ3n) is 2.74. The SMILES string of the molecule is CC(C)(C)OC(=O)C(N)c1cccc2c1OCC2. The Kier molecular flexibility index (Phi) is 3.30. The van der Waals surface area contributed by atoms with E-state index in [2.05, 4.69) is 0 Å². The summed E-state index contributed by atoms with van der Waals surface area (Å²) in [6.45, 7) is 6.12. The van der Waals surface area contributed by atoms with Crippen LogP contribution in [0.3, 0.4) is 0 Å². The minimum Gasteiger partial charge on any atom is -0.493 e. The number of carbonyl (C=O) groups excluding carboxylic acids is 1. The van der Waals surface area contributed by atoms with Crippen LogP contribution < -0.4 is 10.5 Å². The van der Waals surface area contributed by atoms with E-state index < -0.39 is 17.6 Å². The number of nitrogens with two attached hydrogens (primary N) is 1. The highest BCUT2D eigenvalue weighted by Crippen LogP contribution is 2.33. The van der Waals surface area contributed by atoms with Crippen LogP contribution in [0, 0.1) is 0 Å². The molecular weight excluding hydrogens is 230 g/mol. The van der Waals surface area contributed by atoms with E-state index in [9.17, 15) is 4.79 Å². The number of fused-ring (bicyclic) bond motifs is 1. The van der Waals surface area contributed by atoms with Crippen molar-refractivity contribution in [3.8, 4) is 5.75 Å². The third kappa shape index (κ3) is 2.64. The summed E-state index contributed by atoms with van der Waals surface area (Å²) in [7, 11) is 0. The van der Waals surface area contributed by atoms with Crippen LogP contribution in [0.1, 0.15) is 37.9 Å². The smallest absolute Gasteiger partial charge is 0.328 e. The zero-order valence-electron chi connectivity index (χ0n) is 11.0. The molecule has 1 heterocycles. The summed E-state index contributed by atoms with van der Waals surface area (Å²) in [6, 6.07) is 4.91. The zero-order chi connectivity index (χ0) is 13.3. The van der Waals surface area contributed by atoms with E-state index in [0.717, 1.165) is 17.7 Å². The summed E-state index contributed by atoms with van der Waals surface area (Å²) >= 11 is 0. The standard InChI is InChI=1S/C14H19NO3/c1-14(2,3)18-13(16)11(15)10-6-4-5-9-7-8-17-12(9)10/h4-6,11H,7-8,15H2,1-3H3. The molecule has 0 aliphatic carbocycles. The summed E-state index contributed by atoms with van der Waals surface area (Å²) < 4.78 is 10.8. The van der Waals surface area contributed by atoms with E-state index in [1.807, 2.05) is 39.0 Å². The highest BCUT2D eigenvalue weighted by atomic mass is 16.6. The van der Waals surface area contributed by atoms with E-state index >= 15 is 0 Å². The average Bonchev–Trinajstić information content (AvgIpc) is 2.73. The minimum atomic E-state index is -0.794. The van der Waals surface area contributed by atoms with Crippen molar-refractivity contribution in [2.24, 2.45) is 5.73 Å². The number of hydrogen-bond acceptors (Lipinski definition) is 4. The van der Waals surface area contributed by atoms with Crippen molar-refractivity contribution in [3.63, 3.8) is 0 Å². The molecule has 4 heteroatoms. The quantitative estimate of drug-likeness (QED) is 0.814. The Bertz CT molecular complexity index is 463. The van der Waals surface area contributed by atoms with Gasteiger partial charge in [-0.05, 0) is 26.3 Å². The van der Waals surface area contributed by atoms with Crippen molar-refractivity contribution in [1.82, 2.24) is 0 Å². The molecule has 2 N–H and O–H groups in total. The maximum Gasteiger partial charge on any atom is 0.328 e. The van der Waals surface area contributed by atoms with Crippen molar-refractivity contribution in [2.75, 3.05) is 6.61 Å². The molecule has 1 aliphatic heterocycles. The molecule has 1 aliphatic rings. The largest absolute Gasteiger partial charge is 0.493 e. The lowest BCUT2D eigenvalue weighted by Gasteiger charge is -2.23. The maximum absolute atomic E-state index is 12.0. The van der Waals surface area contributed by atoms with Crippen LogP contribution in [-0.2, 0) is 16.0 Å². The Hall–Kier alpha value is -1.55. The zero-order valence-corrected chi connectivity index (χ0v) is 11.0. The van der Waals surface area contributed by atoms with Crippen LogP contribution in [0.2, 0.25) is 0 Å². The van der Waals surface area contributed by atoms with Gasteiger partial charge in [-0.3, -0.25) is 0 Å². The molecule has 1 unspecified atom stereocenters. The monoisotopic (exact) mass is 249 g/mol. The second-order valence-corrected chi connectivity index (χ2v) is 5.45. The lowest BCUT2D eigenvalue weighted by molar-refractivity contribution is -0.156. The number of ether oxygens (including phenoxy) is 2. The number of carbonyl (C=O) groups is 1. The molecule has 2 rings (SSSR count). The fourth-order valence-corrected chi connectivity index (χ4v) is 1.98. The van der Waals surface area contributed by atoms with E-state index in [0.29, 0.717) is 12.2 Å². The number of esters is 1. The van der Waals surface area contributed by atoms with Gasteiger partial charge in [0.15, 0.2) is 0 Å². The van der Waals surface area contributed by atoms with Gasteiger partial charge in [0, 0.05) is 12.0 Å². The molecule has 0 saturated heterocycles. The normalized spacial score (nSPS) is 15.8. The fraction of sp³-hybridized carbons (Fsp3) is 0.500. The Balaban J connectivity index is 2.22. The van der Waals surface area contributed by atoms with E-state index in [-0.39, 0.29) is 0 Å². The van der Waals surface area contributed by atoms with Crippen LogP contribution >= 0.6 is 0 Å². The summed E-state index contributed by atoms with van der Waals surface area (Å²) in [4.78, 5) is 12.0. The lowest BCUT2D eigenvalue weighted by atomic mass is 10.0. The second kappa shape index (κ2) is 4.61. The highest BCUT2D eigenvalue weighted by molar-refractivity contribution is 5.79. The first-order chi connectivity index (χ1) is 8.38. The van der Waals surface area contributed by atoms with Gasteiger partial charge in [0.1, 0.15) is 17.4 Å². The van der Waals surface area contributed by atoms with Crippen LogP contribution in [0.15, 0.2) is 18.2 Å². The van der Waals surface area contributed by atoms with Gasteiger partial charge in [-0.2, -0.15) is 0 Å². The Labute approximate surface area is 107 Å². The van der Waals surface area contributed by atoms with E-state index in [1.54, 1.807) is 0 Å². The van der Waals surface area contributed by atoms with Crippen molar-refractivity contribution in [2.45, 2.75) is 38.8 Å². The molecule has 0 saturated carbocycles. The molecule has 0 fully saturated rings. The maximum atomic E-state index is 12.0. The third-order valence-corrected chi connectivity index (χ3v) is 2.74. The van der Waals surface area contributed by atoms with Gasteiger partial charge in [-0.1, -0.05) is 18.2 Å². The van der Waals surface area contributed by atoms with Crippen molar-refractivity contribution in [3.05, 3.63) is 29.3 Å². The Morgan fingerprint density at radius 2 is 2.17 bits per heavy atom.